The summed E-state index contributed by atoms with van der Waals surface area (Å²) in [5.74, 6) is 0.550. The van der Waals surface area contributed by atoms with Crippen LogP contribution in [0, 0.1) is 6.92 Å². The average molecular weight is 274 g/mol. The Morgan fingerprint density at radius 2 is 2.26 bits per heavy atom. The number of benzene rings is 1. The molecule has 19 heavy (non-hydrogen) atoms. The molecule has 0 fully saturated rings. The molecule has 1 aliphatic rings. The molecular weight excluding hydrogens is 260 g/mol. The topological polar surface area (TPSA) is 35.5 Å². The van der Waals surface area contributed by atoms with Crippen LogP contribution in [0.25, 0.3) is 10.4 Å². The Labute approximate surface area is 115 Å². The van der Waals surface area contributed by atoms with Gasteiger partial charge in [0.05, 0.1) is 19.3 Å². The molecule has 3 rings (SSSR count). The minimum Gasteiger partial charge on any atom is -0.493 e. The maximum absolute atomic E-state index is 11.8. The van der Waals surface area contributed by atoms with E-state index in [0.29, 0.717) is 12.2 Å². The van der Waals surface area contributed by atoms with Crippen LogP contribution in [-0.2, 0) is 11.2 Å². The van der Waals surface area contributed by atoms with Gasteiger partial charge in [-0.3, -0.25) is 0 Å². The lowest BCUT2D eigenvalue weighted by Crippen LogP contribution is -2.05. The van der Waals surface area contributed by atoms with E-state index >= 15 is 0 Å². The zero-order valence-electron chi connectivity index (χ0n) is 10.9. The summed E-state index contributed by atoms with van der Waals surface area (Å²) in [5, 5.41) is 2.08. The molecule has 0 spiro atoms. The predicted octanol–water partition coefficient (Wildman–Crippen LogP) is 3.45. The van der Waals surface area contributed by atoms with Crippen LogP contribution in [-0.4, -0.2) is 19.7 Å². The summed E-state index contributed by atoms with van der Waals surface area (Å²) >= 11 is 1.68. The van der Waals surface area contributed by atoms with Gasteiger partial charge in [-0.25, -0.2) is 4.79 Å². The number of hydrogen-bond donors (Lipinski definition) is 0. The lowest BCUT2D eigenvalue weighted by Gasteiger charge is -2.11. The van der Waals surface area contributed by atoms with E-state index < -0.39 is 0 Å². The van der Waals surface area contributed by atoms with Gasteiger partial charge >= 0.3 is 5.97 Å². The Morgan fingerprint density at radius 3 is 3.05 bits per heavy atom. The average Bonchev–Trinajstić information content (AvgIpc) is 2.80. The molecule has 1 aromatic carbocycles. The van der Waals surface area contributed by atoms with Crippen LogP contribution < -0.4 is 4.74 Å². The first kappa shape index (κ1) is 12.2. The van der Waals surface area contributed by atoms with Gasteiger partial charge in [0.1, 0.15) is 5.75 Å². The van der Waals surface area contributed by atoms with Crippen molar-refractivity contribution in [3.05, 3.63) is 40.3 Å². The number of methoxy groups -OCH3 is 1. The third-order valence-electron chi connectivity index (χ3n) is 3.35. The molecule has 2 aromatic rings. The quantitative estimate of drug-likeness (QED) is 0.747. The highest BCUT2D eigenvalue weighted by atomic mass is 32.1. The fourth-order valence-electron chi connectivity index (χ4n) is 2.35. The number of ether oxygens (including phenoxy) is 2. The summed E-state index contributed by atoms with van der Waals surface area (Å²) in [6, 6.07) is 5.93. The Morgan fingerprint density at radius 1 is 1.42 bits per heavy atom. The first-order chi connectivity index (χ1) is 9.20. The van der Waals surface area contributed by atoms with Crippen molar-refractivity contribution in [1.29, 1.82) is 0 Å². The molecule has 0 bridgehead atoms. The van der Waals surface area contributed by atoms with E-state index in [1.807, 2.05) is 19.1 Å². The van der Waals surface area contributed by atoms with E-state index in [-0.39, 0.29) is 5.97 Å². The Kier molecular flexibility index (Phi) is 3.03. The zero-order valence-corrected chi connectivity index (χ0v) is 11.7. The van der Waals surface area contributed by atoms with Gasteiger partial charge in [-0.15, -0.1) is 11.3 Å². The van der Waals surface area contributed by atoms with Gasteiger partial charge in [0.25, 0.3) is 0 Å². The lowest BCUT2D eigenvalue weighted by atomic mass is 10.0. The number of rotatable bonds is 1. The second-order valence-electron chi connectivity index (χ2n) is 4.53. The predicted molar refractivity (Wildman–Crippen MR) is 75.0 cm³/mol. The van der Waals surface area contributed by atoms with Gasteiger partial charge in [0, 0.05) is 16.9 Å². The molecule has 1 aromatic heterocycles. The number of esters is 1. The molecule has 0 N–H and O–H groups in total. The van der Waals surface area contributed by atoms with Crippen LogP contribution in [0.15, 0.2) is 23.6 Å². The molecule has 0 aliphatic carbocycles. The lowest BCUT2D eigenvalue weighted by molar-refractivity contribution is 0.0600. The third kappa shape index (κ3) is 2.02. The van der Waals surface area contributed by atoms with Crippen molar-refractivity contribution in [3.8, 4) is 16.2 Å². The van der Waals surface area contributed by atoms with Gasteiger partial charge in [-0.05, 0) is 41.6 Å². The Balaban J connectivity index is 2.21. The summed E-state index contributed by atoms with van der Waals surface area (Å²) in [5.41, 5.74) is 3.76. The van der Waals surface area contributed by atoms with Crippen molar-refractivity contribution >= 4 is 17.3 Å². The van der Waals surface area contributed by atoms with E-state index in [0.717, 1.165) is 23.3 Å². The standard InChI is InChI=1S/C15H14O3S/c1-9-7-13-12(8-11(9)15(16)17-2)14-10(3-5-18-13)4-6-19-14/h4,6-8H,3,5H2,1-2H3. The molecular formula is C15H14O3S. The molecule has 0 unspecified atom stereocenters. The maximum atomic E-state index is 11.8. The number of carbonyl (C=O) groups is 1. The molecule has 0 atom stereocenters. The van der Waals surface area contributed by atoms with E-state index in [1.165, 1.54) is 17.6 Å². The van der Waals surface area contributed by atoms with Crippen molar-refractivity contribution in [3.63, 3.8) is 0 Å². The van der Waals surface area contributed by atoms with Crippen LogP contribution in [0.2, 0.25) is 0 Å². The molecule has 0 saturated carbocycles. The Bertz CT molecular complexity index is 643. The number of carbonyl (C=O) groups excluding carboxylic acids is 1. The summed E-state index contributed by atoms with van der Waals surface area (Å²) in [6.45, 7) is 2.57. The SMILES string of the molecule is COC(=O)c1cc2c(cc1C)OCCc1ccsc1-2. The normalized spacial score (nSPS) is 12.9. The van der Waals surface area contributed by atoms with Crippen LogP contribution >= 0.6 is 11.3 Å². The van der Waals surface area contributed by atoms with Crippen molar-refractivity contribution in [1.82, 2.24) is 0 Å². The highest BCUT2D eigenvalue weighted by Gasteiger charge is 2.20. The summed E-state index contributed by atoms with van der Waals surface area (Å²) < 4.78 is 10.6. The van der Waals surface area contributed by atoms with Crippen molar-refractivity contribution in [2.45, 2.75) is 13.3 Å². The molecule has 0 saturated heterocycles. The van der Waals surface area contributed by atoms with Gasteiger partial charge in [0.2, 0.25) is 0 Å². The molecule has 0 radical (unpaired) electrons. The largest absolute Gasteiger partial charge is 0.493 e. The van der Waals surface area contributed by atoms with E-state index in [1.54, 1.807) is 11.3 Å². The summed E-state index contributed by atoms with van der Waals surface area (Å²) in [7, 11) is 1.40. The molecule has 98 valence electrons. The molecule has 0 amide bonds. The molecule has 3 nitrogen and oxygen atoms in total. The highest BCUT2D eigenvalue weighted by molar-refractivity contribution is 7.13. The molecule has 1 aliphatic heterocycles. The van der Waals surface area contributed by atoms with Crippen LogP contribution in [0.1, 0.15) is 21.5 Å². The van der Waals surface area contributed by atoms with E-state index in [9.17, 15) is 4.79 Å². The number of hydrogen-bond acceptors (Lipinski definition) is 4. The van der Waals surface area contributed by atoms with Crippen molar-refractivity contribution in [2.75, 3.05) is 13.7 Å². The van der Waals surface area contributed by atoms with Crippen molar-refractivity contribution in [2.24, 2.45) is 0 Å². The van der Waals surface area contributed by atoms with Crippen LogP contribution in [0.5, 0.6) is 5.75 Å². The van der Waals surface area contributed by atoms with Crippen LogP contribution in [0.3, 0.4) is 0 Å². The third-order valence-corrected chi connectivity index (χ3v) is 4.34. The minimum atomic E-state index is -0.303. The summed E-state index contributed by atoms with van der Waals surface area (Å²) in [6.07, 6.45) is 0.903. The second kappa shape index (κ2) is 4.70. The second-order valence-corrected chi connectivity index (χ2v) is 5.44. The number of thiophene rings is 1. The van der Waals surface area contributed by atoms with Gasteiger partial charge < -0.3 is 9.47 Å². The van der Waals surface area contributed by atoms with E-state index in [4.69, 9.17) is 9.47 Å². The summed E-state index contributed by atoms with van der Waals surface area (Å²) in [4.78, 5) is 13.0. The first-order valence-corrected chi connectivity index (χ1v) is 7.01. The fourth-order valence-corrected chi connectivity index (χ4v) is 3.32. The van der Waals surface area contributed by atoms with Gasteiger partial charge in [0.15, 0.2) is 0 Å². The van der Waals surface area contributed by atoms with E-state index in [2.05, 4.69) is 11.4 Å². The monoisotopic (exact) mass is 274 g/mol. The van der Waals surface area contributed by atoms with Crippen LogP contribution in [0.4, 0.5) is 0 Å². The Hall–Kier alpha value is -1.81. The van der Waals surface area contributed by atoms with Crippen molar-refractivity contribution < 1.29 is 14.3 Å². The maximum Gasteiger partial charge on any atom is 0.338 e. The smallest absolute Gasteiger partial charge is 0.338 e. The first-order valence-electron chi connectivity index (χ1n) is 6.13. The number of aryl methyl sites for hydroxylation is 1. The minimum absolute atomic E-state index is 0.303. The zero-order chi connectivity index (χ0) is 13.4. The highest BCUT2D eigenvalue weighted by Crippen LogP contribution is 2.40. The number of fused-ring (bicyclic) bond motifs is 3. The van der Waals surface area contributed by atoms with Gasteiger partial charge in [-0.1, -0.05) is 0 Å². The molecule has 4 heteroatoms. The fraction of sp³-hybridized carbons (Fsp3) is 0.267. The molecule has 2 heterocycles. The van der Waals surface area contributed by atoms with Gasteiger partial charge in [-0.2, -0.15) is 0 Å².